The standard InChI is InChI=1S/C18H21F3N2O9S/c19-18(20,21)33(26,27)32-13-9-29-15-12(8-28-16(13)15)31-10-23-14(24)6-22-17(25)30-7-11-4-2-1-3-5-11/h1-5,12-13,15-16H,6-10H2,(H,22,25)(H,23,24)/t12-,13-,15-,16-/m1/s1. The SMILES string of the molecule is O=C(CNC(=O)OCc1ccccc1)NCO[C@@H]1CO[C@H]2[C@@H]1OC[C@H]2OS(=O)(=O)C(F)(F)F. The number of hydrogen-bond acceptors (Lipinski definition) is 9. The number of hydrogen-bond donors (Lipinski definition) is 2. The van der Waals surface area contributed by atoms with Crippen LogP contribution in [0.15, 0.2) is 30.3 Å². The predicted octanol–water partition coefficient (Wildman–Crippen LogP) is 0.404. The quantitative estimate of drug-likeness (QED) is 0.282. The number of rotatable bonds is 9. The fourth-order valence-corrected chi connectivity index (χ4v) is 3.69. The first kappa shape index (κ1) is 25.2. The summed E-state index contributed by atoms with van der Waals surface area (Å²) < 4.78 is 84.9. The Labute approximate surface area is 186 Å². The topological polar surface area (TPSA) is 138 Å². The van der Waals surface area contributed by atoms with Crippen molar-refractivity contribution in [2.45, 2.75) is 36.5 Å². The first-order valence-corrected chi connectivity index (χ1v) is 11.0. The Morgan fingerprint density at radius 1 is 1.03 bits per heavy atom. The molecule has 0 unspecified atom stereocenters. The molecule has 0 aromatic heterocycles. The normalized spacial score (nSPS) is 24.8. The molecule has 1 aromatic rings. The lowest BCUT2D eigenvalue weighted by Crippen LogP contribution is -2.41. The average Bonchev–Trinajstić information content (AvgIpc) is 3.34. The summed E-state index contributed by atoms with van der Waals surface area (Å²) in [7, 11) is -5.80. The van der Waals surface area contributed by atoms with Crippen LogP contribution in [-0.2, 0) is 44.7 Å². The van der Waals surface area contributed by atoms with Gasteiger partial charge in [0, 0.05) is 0 Å². The van der Waals surface area contributed by atoms with Crippen LogP contribution in [0.3, 0.4) is 0 Å². The van der Waals surface area contributed by atoms with Gasteiger partial charge in [0.2, 0.25) is 5.91 Å². The molecule has 2 heterocycles. The molecule has 2 amide bonds. The van der Waals surface area contributed by atoms with Crippen molar-refractivity contribution in [2.24, 2.45) is 0 Å². The highest BCUT2D eigenvalue weighted by Gasteiger charge is 2.55. The van der Waals surface area contributed by atoms with Crippen LogP contribution in [0.5, 0.6) is 0 Å². The van der Waals surface area contributed by atoms with Crippen LogP contribution in [-0.4, -0.2) is 76.8 Å². The first-order chi connectivity index (χ1) is 15.6. The van der Waals surface area contributed by atoms with E-state index in [1.165, 1.54) is 0 Å². The Kier molecular flexibility index (Phi) is 8.12. The van der Waals surface area contributed by atoms with Gasteiger partial charge in [-0.05, 0) is 5.56 Å². The zero-order valence-corrected chi connectivity index (χ0v) is 17.8. The van der Waals surface area contributed by atoms with Gasteiger partial charge in [0.05, 0.1) is 13.2 Å². The zero-order chi connectivity index (χ0) is 24.1. The lowest BCUT2D eigenvalue weighted by Gasteiger charge is -2.18. The van der Waals surface area contributed by atoms with Crippen LogP contribution in [0, 0.1) is 0 Å². The third-order valence-electron chi connectivity index (χ3n) is 4.67. The van der Waals surface area contributed by atoms with Crippen molar-refractivity contribution in [2.75, 3.05) is 26.5 Å². The highest BCUT2D eigenvalue weighted by Crippen LogP contribution is 2.34. The maximum absolute atomic E-state index is 12.5. The van der Waals surface area contributed by atoms with Gasteiger partial charge in [-0.15, -0.1) is 0 Å². The molecule has 2 saturated heterocycles. The molecule has 2 aliphatic rings. The average molecular weight is 498 g/mol. The lowest BCUT2D eigenvalue weighted by atomic mass is 10.1. The van der Waals surface area contributed by atoms with Crippen LogP contribution >= 0.6 is 0 Å². The predicted molar refractivity (Wildman–Crippen MR) is 102 cm³/mol. The Morgan fingerprint density at radius 2 is 1.67 bits per heavy atom. The fourth-order valence-electron chi connectivity index (χ4n) is 3.09. The molecule has 4 atom stereocenters. The number of alkyl halides is 3. The van der Waals surface area contributed by atoms with Gasteiger partial charge in [-0.3, -0.25) is 8.98 Å². The summed E-state index contributed by atoms with van der Waals surface area (Å²) in [5.74, 6) is -0.591. The van der Waals surface area contributed by atoms with Crippen LogP contribution in [0.4, 0.5) is 18.0 Å². The molecular weight excluding hydrogens is 477 g/mol. The van der Waals surface area contributed by atoms with Gasteiger partial charge in [0.25, 0.3) is 0 Å². The summed E-state index contributed by atoms with van der Waals surface area (Å²) in [6.45, 7) is -1.21. The van der Waals surface area contributed by atoms with E-state index in [9.17, 15) is 31.2 Å². The summed E-state index contributed by atoms with van der Waals surface area (Å²) >= 11 is 0. The Hall–Kier alpha value is -2.46. The zero-order valence-electron chi connectivity index (χ0n) is 16.9. The molecule has 11 nitrogen and oxygen atoms in total. The molecule has 0 spiro atoms. The third-order valence-corrected chi connectivity index (χ3v) is 5.74. The number of fused-ring (bicyclic) bond motifs is 1. The largest absolute Gasteiger partial charge is 0.523 e. The second-order valence-corrected chi connectivity index (χ2v) is 8.56. The molecule has 184 valence electrons. The number of carbonyl (C=O) groups is 2. The van der Waals surface area contributed by atoms with E-state index in [-0.39, 0.29) is 26.5 Å². The highest BCUT2D eigenvalue weighted by molar-refractivity contribution is 7.87. The monoisotopic (exact) mass is 498 g/mol. The summed E-state index contributed by atoms with van der Waals surface area (Å²) in [6, 6.07) is 8.93. The molecule has 2 fully saturated rings. The van der Waals surface area contributed by atoms with Crippen LogP contribution in [0.2, 0.25) is 0 Å². The van der Waals surface area contributed by atoms with E-state index < -0.39 is 58.6 Å². The number of alkyl carbamates (subject to hydrolysis) is 1. The van der Waals surface area contributed by atoms with Crippen molar-refractivity contribution in [1.82, 2.24) is 10.6 Å². The van der Waals surface area contributed by atoms with Crippen molar-refractivity contribution < 1.29 is 54.3 Å². The van der Waals surface area contributed by atoms with E-state index in [1.54, 1.807) is 24.3 Å². The number of ether oxygens (including phenoxy) is 4. The Balaban J connectivity index is 1.33. The minimum atomic E-state index is -5.80. The van der Waals surface area contributed by atoms with Crippen LogP contribution < -0.4 is 10.6 Å². The molecule has 0 bridgehead atoms. The van der Waals surface area contributed by atoms with Gasteiger partial charge in [-0.1, -0.05) is 30.3 Å². The van der Waals surface area contributed by atoms with E-state index >= 15 is 0 Å². The molecule has 0 radical (unpaired) electrons. The molecule has 1 aromatic carbocycles. The number of halogens is 3. The lowest BCUT2D eigenvalue weighted by molar-refractivity contribution is -0.123. The van der Waals surface area contributed by atoms with E-state index in [0.29, 0.717) is 0 Å². The molecule has 2 aliphatic heterocycles. The van der Waals surface area contributed by atoms with E-state index in [4.69, 9.17) is 18.9 Å². The van der Waals surface area contributed by atoms with E-state index in [2.05, 4.69) is 14.8 Å². The maximum atomic E-state index is 12.5. The van der Waals surface area contributed by atoms with Gasteiger partial charge in [-0.2, -0.15) is 21.6 Å². The van der Waals surface area contributed by atoms with E-state index in [1.807, 2.05) is 6.07 Å². The highest BCUT2D eigenvalue weighted by atomic mass is 32.2. The summed E-state index contributed by atoms with van der Waals surface area (Å²) in [4.78, 5) is 23.4. The number of nitrogens with one attached hydrogen (secondary N) is 2. The van der Waals surface area contributed by atoms with Gasteiger partial charge >= 0.3 is 21.7 Å². The molecule has 33 heavy (non-hydrogen) atoms. The smallest absolute Gasteiger partial charge is 0.445 e. The summed E-state index contributed by atoms with van der Waals surface area (Å²) in [5.41, 5.74) is -4.79. The van der Waals surface area contributed by atoms with E-state index in [0.717, 1.165) is 5.56 Å². The molecule has 3 rings (SSSR count). The number of benzene rings is 1. The minimum absolute atomic E-state index is 0.0383. The van der Waals surface area contributed by atoms with Crippen molar-refractivity contribution in [3.05, 3.63) is 35.9 Å². The minimum Gasteiger partial charge on any atom is -0.445 e. The second kappa shape index (κ2) is 10.6. The number of carbonyl (C=O) groups excluding carboxylic acids is 2. The third kappa shape index (κ3) is 6.77. The van der Waals surface area contributed by atoms with Crippen LogP contribution in [0.25, 0.3) is 0 Å². The molecule has 0 saturated carbocycles. The van der Waals surface area contributed by atoms with Crippen molar-refractivity contribution >= 4 is 22.1 Å². The van der Waals surface area contributed by atoms with Gasteiger partial charge < -0.3 is 29.6 Å². The van der Waals surface area contributed by atoms with Gasteiger partial charge in [0.1, 0.15) is 44.3 Å². The summed E-state index contributed by atoms with van der Waals surface area (Å²) in [6.07, 6.45) is -5.00. The summed E-state index contributed by atoms with van der Waals surface area (Å²) in [5, 5.41) is 4.63. The Morgan fingerprint density at radius 3 is 2.33 bits per heavy atom. The van der Waals surface area contributed by atoms with Crippen molar-refractivity contribution in [1.29, 1.82) is 0 Å². The molecule has 2 N–H and O–H groups in total. The molecule has 15 heteroatoms. The Bertz CT molecular complexity index is 930. The van der Waals surface area contributed by atoms with Crippen molar-refractivity contribution in [3.63, 3.8) is 0 Å². The van der Waals surface area contributed by atoms with Gasteiger partial charge in [-0.25, -0.2) is 4.79 Å². The molecule has 0 aliphatic carbocycles. The van der Waals surface area contributed by atoms with Gasteiger partial charge in [0.15, 0.2) is 0 Å². The van der Waals surface area contributed by atoms with Crippen LogP contribution in [0.1, 0.15) is 5.56 Å². The second-order valence-electron chi connectivity index (χ2n) is 7.00. The first-order valence-electron chi connectivity index (χ1n) is 9.62. The molecular formula is C18H21F3N2O9S. The number of amides is 2. The fraction of sp³-hybridized carbons (Fsp3) is 0.556. The maximum Gasteiger partial charge on any atom is 0.523 e. The van der Waals surface area contributed by atoms with Crippen molar-refractivity contribution in [3.8, 4) is 0 Å².